The Morgan fingerprint density at radius 3 is 2.76 bits per heavy atom. The molecule has 1 aliphatic heterocycles. The number of Topliss-reactive ketones (excluding diaryl/α,β-unsaturated/α-hetero) is 1. The molecule has 17 heavy (non-hydrogen) atoms. The van der Waals surface area contributed by atoms with E-state index < -0.39 is 0 Å². The van der Waals surface area contributed by atoms with Gasteiger partial charge in [-0.05, 0) is 37.1 Å². The lowest BCUT2D eigenvalue weighted by Gasteiger charge is -2.30. The summed E-state index contributed by atoms with van der Waals surface area (Å²) in [5, 5.41) is 0. The summed E-state index contributed by atoms with van der Waals surface area (Å²) in [6.07, 6.45) is 5.64. The number of hydrogen-bond donors (Lipinski definition) is 0. The molecule has 0 spiro atoms. The van der Waals surface area contributed by atoms with Crippen LogP contribution in [0.3, 0.4) is 0 Å². The van der Waals surface area contributed by atoms with Crippen LogP contribution in [0, 0.1) is 17.3 Å². The molecule has 0 N–H and O–H groups in total. The molecule has 0 aromatic heterocycles. The lowest BCUT2D eigenvalue weighted by molar-refractivity contribution is -0.126. The fraction of sp³-hybridized carbons (Fsp3) is 0.933. The highest BCUT2D eigenvalue weighted by Crippen LogP contribution is 2.33. The molecule has 0 bridgehead atoms. The van der Waals surface area contributed by atoms with E-state index in [9.17, 15) is 4.79 Å². The van der Waals surface area contributed by atoms with Crippen molar-refractivity contribution in [3.8, 4) is 0 Å². The van der Waals surface area contributed by atoms with Gasteiger partial charge in [-0.3, -0.25) is 4.79 Å². The molecule has 2 rings (SSSR count). The Morgan fingerprint density at radius 2 is 2.18 bits per heavy atom. The minimum absolute atomic E-state index is 0.336. The van der Waals surface area contributed by atoms with Crippen molar-refractivity contribution in [1.82, 2.24) is 4.90 Å². The summed E-state index contributed by atoms with van der Waals surface area (Å²) >= 11 is 0. The van der Waals surface area contributed by atoms with Crippen LogP contribution >= 0.6 is 0 Å². The second-order valence-corrected chi connectivity index (χ2v) is 6.86. The Hall–Kier alpha value is -0.370. The van der Waals surface area contributed by atoms with Crippen LogP contribution in [0.5, 0.6) is 0 Å². The molecule has 1 saturated carbocycles. The molecule has 0 aromatic carbocycles. The van der Waals surface area contributed by atoms with Crippen molar-refractivity contribution in [3.05, 3.63) is 0 Å². The molecule has 1 heterocycles. The van der Waals surface area contributed by atoms with Gasteiger partial charge in [-0.1, -0.05) is 27.2 Å². The van der Waals surface area contributed by atoms with Crippen molar-refractivity contribution in [2.24, 2.45) is 17.3 Å². The molecular formula is C15H27NO. The number of carbonyl (C=O) groups is 1. The van der Waals surface area contributed by atoms with Crippen LogP contribution in [-0.4, -0.2) is 30.3 Å². The Balaban J connectivity index is 1.87. The molecule has 2 fully saturated rings. The third kappa shape index (κ3) is 3.31. The first-order valence-corrected chi connectivity index (χ1v) is 7.25. The van der Waals surface area contributed by atoms with E-state index in [1.807, 2.05) is 0 Å². The van der Waals surface area contributed by atoms with Gasteiger partial charge in [-0.25, -0.2) is 0 Å². The molecule has 1 aliphatic carbocycles. The van der Waals surface area contributed by atoms with Gasteiger partial charge in [0.15, 0.2) is 0 Å². The highest BCUT2D eigenvalue weighted by molar-refractivity contribution is 5.81. The van der Waals surface area contributed by atoms with E-state index in [0.29, 0.717) is 17.1 Å². The predicted octanol–water partition coefficient (Wildman–Crippen LogP) is 3.11. The standard InChI is InChI=1S/C15H27NO/c1-4-12-5-6-14(17)13(9-12)10-16-8-7-15(2,3)11-16/h12-13H,4-11H2,1-3H3. The summed E-state index contributed by atoms with van der Waals surface area (Å²) < 4.78 is 0. The zero-order valence-electron chi connectivity index (χ0n) is 11.7. The van der Waals surface area contributed by atoms with Crippen molar-refractivity contribution in [1.29, 1.82) is 0 Å². The smallest absolute Gasteiger partial charge is 0.137 e. The van der Waals surface area contributed by atoms with Gasteiger partial charge in [0.1, 0.15) is 5.78 Å². The highest BCUT2D eigenvalue weighted by atomic mass is 16.1. The van der Waals surface area contributed by atoms with Crippen molar-refractivity contribution in [2.75, 3.05) is 19.6 Å². The predicted molar refractivity (Wildman–Crippen MR) is 71.0 cm³/mol. The van der Waals surface area contributed by atoms with Gasteiger partial charge in [0, 0.05) is 25.4 Å². The van der Waals surface area contributed by atoms with E-state index in [4.69, 9.17) is 0 Å². The van der Waals surface area contributed by atoms with Crippen molar-refractivity contribution in [3.63, 3.8) is 0 Å². The van der Waals surface area contributed by atoms with Gasteiger partial charge < -0.3 is 4.90 Å². The second kappa shape index (κ2) is 5.09. The van der Waals surface area contributed by atoms with E-state index in [1.54, 1.807) is 0 Å². The zero-order chi connectivity index (χ0) is 12.5. The minimum atomic E-state index is 0.336. The fourth-order valence-corrected chi connectivity index (χ4v) is 3.44. The van der Waals surface area contributed by atoms with Crippen LogP contribution in [0.4, 0.5) is 0 Å². The minimum Gasteiger partial charge on any atom is -0.302 e. The van der Waals surface area contributed by atoms with E-state index in [1.165, 1.54) is 25.9 Å². The van der Waals surface area contributed by atoms with Gasteiger partial charge in [0.2, 0.25) is 0 Å². The topological polar surface area (TPSA) is 20.3 Å². The maximum Gasteiger partial charge on any atom is 0.137 e. The first-order valence-electron chi connectivity index (χ1n) is 7.25. The van der Waals surface area contributed by atoms with E-state index in [-0.39, 0.29) is 0 Å². The van der Waals surface area contributed by atoms with Gasteiger partial charge >= 0.3 is 0 Å². The van der Waals surface area contributed by atoms with Gasteiger partial charge in [-0.15, -0.1) is 0 Å². The average molecular weight is 237 g/mol. The van der Waals surface area contributed by atoms with Crippen LogP contribution in [0.2, 0.25) is 0 Å². The number of nitrogens with zero attached hydrogens (tertiary/aromatic N) is 1. The maximum atomic E-state index is 12.0. The lowest BCUT2D eigenvalue weighted by atomic mass is 9.79. The van der Waals surface area contributed by atoms with Crippen molar-refractivity contribution in [2.45, 2.75) is 52.9 Å². The molecule has 2 aliphatic rings. The van der Waals surface area contributed by atoms with E-state index in [2.05, 4.69) is 25.7 Å². The SMILES string of the molecule is CCC1CCC(=O)C(CN2CCC(C)(C)C2)C1. The van der Waals surface area contributed by atoms with Crippen molar-refractivity contribution < 1.29 is 4.79 Å². The number of likely N-dealkylation sites (tertiary alicyclic amines) is 1. The largest absolute Gasteiger partial charge is 0.302 e. The third-order valence-electron chi connectivity index (χ3n) is 4.68. The summed E-state index contributed by atoms with van der Waals surface area (Å²) in [6, 6.07) is 0. The van der Waals surface area contributed by atoms with Crippen LogP contribution in [-0.2, 0) is 4.79 Å². The number of rotatable bonds is 3. The Kier molecular flexibility index (Phi) is 3.92. The summed E-state index contributed by atoms with van der Waals surface area (Å²) in [6.45, 7) is 10.3. The summed E-state index contributed by atoms with van der Waals surface area (Å²) in [4.78, 5) is 14.5. The van der Waals surface area contributed by atoms with Gasteiger partial charge in [0.25, 0.3) is 0 Å². The number of ketones is 1. The van der Waals surface area contributed by atoms with E-state index in [0.717, 1.165) is 31.7 Å². The Labute approximate surface area is 106 Å². The van der Waals surface area contributed by atoms with Crippen LogP contribution in [0.1, 0.15) is 52.9 Å². The highest BCUT2D eigenvalue weighted by Gasteiger charge is 2.34. The first-order chi connectivity index (χ1) is 8.00. The molecule has 98 valence electrons. The number of hydrogen-bond acceptors (Lipinski definition) is 2. The van der Waals surface area contributed by atoms with Crippen LogP contribution < -0.4 is 0 Å². The quantitative estimate of drug-likeness (QED) is 0.751. The molecule has 0 radical (unpaired) electrons. The van der Waals surface area contributed by atoms with E-state index >= 15 is 0 Å². The molecule has 2 heteroatoms. The third-order valence-corrected chi connectivity index (χ3v) is 4.68. The van der Waals surface area contributed by atoms with Gasteiger partial charge in [-0.2, -0.15) is 0 Å². The molecular weight excluding hydrogens is 210 g/mol. The Bertz CT molecular complexity index is 285. The molecule has 2 unspecified atom stereocenters. The Morgan fingerprint density at radius 1 is 1.41 bits per heavy atom. The fourth-order valence-electron chi connectivity index (χ4n) is 3.44. The molecule has 1 saturated heterocycles. The van der Waals surface area contributed by atoms with Gasteiger partial charge in [0.05, 0.1) is 0 Å². The maximum absolute atomic E-state index is 12.0. The molecule has 2 atom stereocenters. The first kappa shape index (κ1) is 13.1. The molecule has 0 aromatic rings. The monoisotopic (exact) mass is 237 g/mol. The zero-order valence-corrected chi connectivity index (χ0v) is 11.7. The normalized spacial score (nSPS) is 34.2. The molecule has 2 nitrogen and oxygen atoms in total. The summed E-state index contributed by atoms with van der Waals surface area (Å²) in [7, 11) is 0. The average Bonchev–Trinajstić information content (AvgIpc) is 2.61. The summed E-state index contributed by atoms with van der Waals surface area (Å²) in [5.74, 6) is 1.66. The molecule has 0 amide bonds. The second-order valence-electron chi connectivity index (χ2n) is 6.86. The van der Waals surface area contributed by atoms with Crippen molar-refractivity contribution >= 4 is 5.78 Å². The van der Waals surface area contributed by atoms with Crippen LogP contribution in [0.25, 0.3) is 0 Å². The number of carbonyl (C=O) groups excluding carboxylic acids is 1. The lowest BCUT2D eigenvalue weighted by Crippen LogP contribution is -2.36. The van der Waals surface area contributed by atoms with Crippen LogP contribution in [0.15, 0.2) is 0 Å². The summed E-state index contributed by atoms with van der Waals surface area (Å²) in [5.41, 5.74) is 0.460.